The van der Waals surface area contributed by atoms with E-state index in [1.807, 2.05) is 0 Å². The number of aliphatic carboxylic acids is 1. The number of alkyl halides is 8. The number of benzene rings is 2. The molecule has 8 nitrogen and oxygen atoms in total. The number of aryl methyl sites for hydroxylation is 2. The van der Waals surface area contributed by atoms with Crippen LogP contribution in [-0.4, -0.2) is 59.2 Å². The van der Waals surface area contributed by atoms with Gasteiger partial charge in [0.1, 0.15) is 17.7 Å². The molecule has 0 unspecified atom stereocenters. The molecule has 2 aliphatic heterocycles. The summed E-state index contributed by atoms with van der Waals surface area (Å²) in [7, 11) is 1.39. The summed E-state index contributed by atoms with van der Waals surface area (Å²) in [5.74, 6) is -3.48. The fourth-order valence-electron chi connectivity index (χ4n) is 5.86. The molecule has 3 aromatic rings. The Kier molecular flexibility index (Phi) is 8.99. The molecule has 48 heavy (non-hydrogen) atoms. The van der Waals surface area contributed by atoms with Crippen LogP contribution in [0, 0.1) is 6.92 Å². The largest absolute Gasteiger partial charge is 0.496 e. The SMILES string of the molecule is COc1ccc(CCC(=O)O)cc1-c1c(C)cc(N2CC(F)(F)C2)nc1CN1C(=O)O[C@H](c2cc(C(F)(F)F)cc(C(F)(F)F)c2)[C@@H]1C. The van der Waals surface area contributed by atoms with Crippen molar-refractivity contribution in [1.82, 2.24) is 9.88 Å². The number of hydrogen-bond acceptors (Lipinski definition) is 6. The lowest BCUT2D eigenvalue weighted by atomic mass is 9.94. The molecule has 0 radical (unpaired) electrons. The highest BCUT2D eigenvalue weighted by Crippen LogP contribution is 2.43. The zero-order chi connectivity index (χ0) is 35.3. The molecule has 0 saturated carbocycles. The molecule has 1 amide bonds. The van der Waals surface area contributed by atoms with Crippen LogP contribution in [0.4, 0.5) is 45.7 Å². The quantitative estimate of drug-likeness (QED) is 0.231. The summed E-state index contributed by atoms with van der Waals surface area (Å²) in [6, 6.07) is 6.38. The smallest absolute Gasteiger partial charge is 0.416 e. The second kappa shape index (κ2) is 12.4. The first-order valence-corrected chi connectivity index (χ1v) is 14.6. The van der Waals surface area contributed by atoms with E-state index in [0.717, 1.165) is 4.90 Å². The minimum absolute atomic E-state index is 0.0234. The van der Waals surface area contributed by atoms with Crippen molar-refractivity contribution in [3.8, 4) is 16.9 Å². The van der Waals surface area contributed by atoms with E-state index in [-0.39, 0.29) is 37.0 Å². The summed E-state index contributed by atoms with van der Waals surface area (Å²) in [5, 5.41) is 9.17. The molecule has 2 aromatic carbocycles. The standard InChI is InChI=1S/C32H29F8N3O5/c1-16-8-25(42-14-30(33,34)15-42)41-23(27(16)22-9-18(5-7-26(44)45)4-6-24(22)47-3)13-43-17(2)28(48-29(43)46)19-10-20(31(35,36)37)12-21(11-19)32(38,39)40/h4,6,8-12,17,28H,5,7,13-15H2,1-3H3,(H,44,45)/t17-,28-/m0/s1. The maximum Gasteiger partial charge on any atom is 0.416 e. The Morgan fingerprint density at radius 3 is 2.21 bits per heavy atom. The zero-order valence-corrected chi connectivity index (χ0v) is 25.7. The molecule has 258 valence electrons. The van der Waals surface area contributed by atoms with Crippen molar-refractivity contribution in [1.29, 1.82) is 0 Å². The van der Waals surface area contributed by atoms with E-state index >= 15 is 0 Å². The molecular formula is C32H29F8N3O5. The van der Waals surface area contributed by atoms with Gasteiger partial charge in [-0.1, -0.05) is 6.07 Å². The molecule has 2 saturated heterocycles. The topological polar surface area (TPSA) is 92.2 Å². The Bertz CT molecular complexity index is 1700. The Balaban J connectivity index is 1.58. The Morgan fingerprint density at radius 2 is 1.67 bits per heavy atom. The van der Waals surface area contributed by atoms with Gasteiger partial charge in [0.25, 0.3) is 5.92 Å². The van der Waals surface area contributed by atoms with Gasteiger partial charge in [-0.15, -0.1) is 0 Å². The van der Waals surface area contributed by atoms with Crippen LogP contribution < -0.4 is 9.64 Å². The maximum absolute atomic E-state index is 13.8. The monoisotopic (exact) mass is 687 g/mol. The molecule has 16 heteroatoms. The van der Waals surface area contributed by atoms with Crippen molar-refractivity contribution >= 4 is 17.9 Å². The number of methoxy groups -OCH3 is 1. The van der Waals surface area contributed by atoms with Gasteiger partial charge in [-0.05, 0) is 73.4 Å². The lowest BCUT2D eigenvalue weighted by Crippen LogP contribution is -2.56. The summed E-state index contributed by atoms with van der Waals surface area (Å²) < 4.78 is 120. The number of amides is 1. The number of carboxylic acid groups (broad SMARTS) is 1. The summed E-state index contributed by atoms with van der Waals surface area (Å²) >= 11 is 0. The molecule has 2 atom stereocenters. The first-order valence-electron chi connectivity index (χ1n) is 14.6. The predicted octanol–water partition coefficient (Wildman–Crippen LogP) is 7.66. The number of carboxylic acids is 1. The Morgan fingerprint density at radius 1 is 1.04 bits per heavy atom. The number of anilines is 1. The Labute approximate surface area is 268 Å². The van der Waals surface area contributed by atoms with Gasteiger partial charge in [0.15, 0.2) is 0 Å². The molecule has 2 fully saturated rings. The van der Waals surface area contributed by atoms with Crippen molar-refractivity contribution in [2.24, 2.45) is 0 Å². The molecule has 0 spiro atoms. The van der Waals surface area contributed by atoms with Crippen molar-refractivity contribution in [3.63, 3.8) is 0 Å². The number of pyridine rings is 1. The second-order valence-electron chi connectivity index (χ2n) is 11.8. The third-order valence-corrected chi connectivity index (χ3v) is 8.26. The maximum atomic E-state index is 13.8. The number of aromatic nitrogens is 1. The van der Waals surface area contributed by atoms with Crippen molar-refractivity contribution in [2.45, 2.75) is 63.7 Å². The third-order valence-electron chi connectivity index (χ3n) is 8.26. The molecular weight excluding hydrogens is 658 g/mol. The fourth-order valence-corrected chi connectivity index (χ4v) is 5.86. The first-order chi connectivity index (χ1) is 22.3. The number of hydrogen-bond donors (Lipinski definition) is 1. The molecule has 0 bridgehead atoms. The minimum atomic E-state index is -5.12. The number of carbonyl (C=O) groups is 2. The molecule has 5 rings (SSSR count). The number of halogens is 8. The van der Waals surface area contributed by atoms with Crippen molar-refractivity contribution < 1.29 is 59.3 Å². The van der Waals surface area contributed by atoms with Crippen LogP contribution in [0.3, 0.4) is 0 Å². The van der Waals surface area contributed by atoms with E-state index in [1.165, 1.54) is 18.9 Å². The number of cyclic esters (lactones) is 1. The van der Waals surface area contributed by atoms with E-state index in [1.54, 1.807) is 31.2 Å². The number of carbonyl (C=O) groups excluding carboxylic acids is 1. The fraction of sp³-hybridized carbons (Fsp3) is 0.406. The predicted molar refractivity (Wildman–Crippen MR) is 155 cm³/mol. The van der Waals surface area contributed by atoms with Gasteiger partial charge < -0.3 is 19.5 Å². The van der Waals surface area contributed by atoms with Crippen LogP contribution in [-0.2, 0) is 34.8 Å². The average Bonchev–Trinajstić information content (AvgIpc) is 3.25. The normalized spacial score (nSPS) is 19.3. The lowest BCUT2D eigenvalue weighted by Gasteiger charge is -2.40. The van der Waals surface area contributed by atoms with E-state index in [2.05, 4.69) is 4.98 Å². The molecule has 2 aliphatic rings. The summed E-state index contributed by atoms with van der Waals surface area (Å²) in [4.78, 5) is 31.4. The van der Waals surface area contributed by atoms with Crippen LogP contribution in [0.25, 0.3) is 11.1 Å². The summed E-state index contributed by atoms with van der Waals surface area (Å²) in [6.45, 7) is 1.45. The van der Waals surface area contributed by atoms with Gasteiger partial charge in [0.2, 0.25) is 0 Å². The molecule has 0 aliphatic carbocycles. The molecule has 1 aromatic heterocycles. The first kappa shape index (κ1) is 34.7. The highest BCUT2D eigenvalue weighted by Gasteiger charge is 2.46. The zero-order valence-electron chi connectivity index (χ0n) is 25.7. The van der Waals surface area contributed by atoms with E-state index < -0.39 is 72.3 Å². The van der Waals surface area contributed by atoms with Gasteiger partial charge in [-0.3, -0.25) is 9.69 Å². The van der Waals surface area contributed by atoms with Gasteiger partial charge in [0.05, 0.1) is 49.6 Å². The lowest BCUT2D eigenvalue weighted by molar-refractivity contribution is -0.143. The Hall–Kier alpha value is -4.63. The second-order valence-corrected chi connectivity index (χ2v) is 11.8. The summed E-state index contributed by atoms with van der Waals surface area (Å²) in [5.41, 5.74) is -1.53. The van der Waals surface area contributed by atoms with Crippen LogP contribution in [0.1, 0.15) is 53.0 Å². The van der Waals surface area contributed by atoms with Crippen LogP contribution in [0.15, 0.2) is 42.5 Å². The van der Waals surface area contributed by atoms with E-state index in [4.69, 9.17) is 14.6 Å². The van der Waals surface area contributed by atoms with Gasteiger partial charge in [0, 0.05) is 17.5 Å². The van der Waals surface area contributed by atoms with Crippen LogP contribution in [0.2, 0.25) is 0 Å². The number of nitrogens with zero attached hydrogens (tertiary/aromatic N) is 3. The van der Waals surface area contributed by atoms with Crippen molar-refractivity contribution in [3.05, 3.63) is 76.0 Å². The van der Waals surface area contributed by atoms with Gasteiger partial charge in [-0.25, -0.2) is 18.6 Å². The average molecular weight is 688 g/mol. The number of rotatable bonds is 9. The molecule has 1 N–H and O–H groups in total. The molecule has 3 heterocycles. The van der Waals surface area contributed by atoms with Crippen LogP contribution >= 0.6 is 0 Å². The highest BCUT2D eigenvalue weighted by atomic mass is 19.4. The third kappa shape index (κ3) is 7.11. The van der Waals surface area contributed by atoms with Gasteiger partial charge >= 0.3 is 24.4 Å². The van der Waals surface area contributed by atoms with E-state index in [0.29, 0.717) is 40.1 Å². The van der Waals surface area contributed by atoms with Gasteiger partial charge in [-0.2, -0.15) is 26.3 Å². The van der Waals surface area contributed by atoms with Crippen molar-refractivity contribution in [2.75, 3.05) is 25.1 Å². The van der Waals surface area contributed by atoms with E-state index in [9.17, 15) is 44.7 Å². The number of ether oxygens (including phenoxy) is 2. The minimum Gasteiger partial charge on any atom is -0.496 e. The summed E-state index contributed by atoms with van der Waals surface area (Å²) in [6.07, 6.45) is -12.8. The van der Waals surface area contributed by atoms with Crippen LogP contribution in [0.5, 0.6) is 5.75 Å². The highest BCUT2D eigenvalue weighted by molar-refractivity contribution is 5.79.